The van der Waals surface area contributed by atoms with Crippen LogP contribution in [0.4, 0.5) is 0 Å². The van der Waals surface area contributed by atoms with E-state index >= 15 is 0 Å². The minimum absolute atomic E-state index is 0. The molecule has 0 radical (unpaired) electrons. The van der Waals surface area contributed by atoms with E-state index in [1.807, 2.05) is 0 Å². The maximum Gasteiger partial charge on any atom is 0.191 e. The van der Waals surface area contributed by atoms with Gasteiger partial charge in [-0.3, -0.25) is 0 Å². The maximum atomic E-state index is 4.54. The monoisotopic (exact) mass is 378 g/mol. The lowest BCUT2D eigenvalue weighted by atomic mass is 10.4. The van der Waals surface area contributed by atoms with Crippen LogP contribution < -0.4 is 10.6 Å². The van der Waals surface area contributed by atoms with Crippen molar-refractivity contribution in [2.75, 3.05) is 6.54 Å². The summed E-state index contributed by atoms with van der Waals surface area (Å²) >= 11 is 0. The van der Waals surface area contributed by atoms with Gasteiger partial charge in [-0.25, -0.2) is 4.99 Å². The Morgan fingerprint density at radius 2 is 2.21 bits per heavy atom. The summed E-state index contributed by atoms with van der Waals surface area (Å²) in [5.74, 6) is 2.90. The number of hydrogen-bond acceptors (Lipinski definition) is 3. The second kappa shape index (κ2) is 7.66. The van der Waals surface area contributed by atoms with Crippen molar-refractivity contribution >= 4 is 29.9 Å². The highest BCUT2D eigenvalue weighted by atomic mass is 127. The lowest BCUT2D eigenvalue weighted by Gasteiger charge is -2.13. The van der Waals surface area contributed by atoms with Crippen LogP contribution in [0.1, 0.15) is 38.8 Å². The number of hydrogen-bond donors (Lipinski definition) is 2. The molecule has 1 aromatic heterocycles. The third-order valence-electron chi connectivity index (χ3n) is 2.83. The molecule has 2 heterocycles. The summed E-state index contributed by atoms with van der Waals surface area (Å²) < 4.78 is 2.18. The van der Waals surface area contributed by atoms with Gasteiger partial charge >= 0.3 is 0 Å². The fourth-order valence-electron chi connectivity index (χ4n) is 2.07. The molecule has 0 fully saturated rings. The predicted molar refractivity (Wildman–Crippen MR) is 86.8 cm³/mol. The highest BCUT2D eigenvalue weighted by molar-refractivity contribution is 14.0. The maximum absolute atomic E-state index is 4.54. The van der Waals surface area contributed by atoms with Gasteiger partial charge in [0.05, 0.1) is 0 Å². The fraction of sp³-hybridized carbons (Fsp3) is 0.750. The Kier molecular flexibility index (Phi) is 6.53. The molecule has 108 valence electrons. The first kappa shape index (κ1) is 16.2. The third-order valence-corrected chi connectivity index (χ3v) is 2.83. The molecule has 0 bridgehead atoms. The Bertz CT molecular complexity index is 426. The summed E-state index contributed by atoms with van der Waals surface area (Å²) in [6, 6.07) is 0.368. The molecule has 6 nitrogen and oxygen atoms in total. The van der Waals surface area contributed by atoms with E-state index in [4.69, 9.17) is 0 Å². The van der Waals surface area contributed by atoms with Crippen molar-refractivity contribution in [3.63, 3.8) is 0 Å². The van der Waals surface area contributed by atoms with Gasteiger partial charge in [-0.15, -0.1) is 34.2 Å². The molecular weight excluding hydrogens is 355 g/mol. The van der Waals surface area contributed by atoms with Crippen molar-refractivity contribution in [1.29, 1.82) is 0 Å². The van der Waals surface area contributed by atoms with E-state index in [-0.39, 0.29) is 24.0 Å². The molecule has 0 aliphatic carbocycles. The minimum Gasteiger partial charge on any atom is -0.357 e. The topological polar surface area (TPSA) is 67.1 Å². The average molecular weight is 378 g/mol. The van der Waals surface area contributed by atoms with Crippen molar-refractivity contribution in [1.82, 2.24) is 25.4 Å². The minimum atomic E-state index is 0. The van der Waals surface area contributed by atoms with Gasteiger partial charge in [0.2, 0.25) is 0 Å². The zero-order valence-corrected chi connectivity index (χ0v) is 14.1. The first-order chi connectivity index (χ1) is 8.70. The van der Waals surface area contributed by atoms with Crippen LogP contribution in [0.3, 0.4) is 0 Å². The molecule has 2 N–H and O–H groups in total. The standard InChI is InChI=1S/C12H22N6.HI/c1-4-13-12(15-9(2)3)14-8-11-17-16-10-6-5-7-18(10)11;/h9H,4-8H2,1-3H3,(H2,13,14,15);1H. The lowest BCUT2D eigenvalue weighted by Crippen LogP contribution is -2.41. The van der Waals surface area contributed by atoms with Crippen LogP contribution in [0.25, 0.3) is 0 Å². The lowest BCUT2D eigenvalue weighted by molar-refractivity contribution is 0.673. The van der Waals surface area contributed by atoms with E-state index in [0.717, 1.165) is 37.1 Å². The summed E-state index contributed by atoms with van der Waals surface area (Å²) in [4.78, 5) is 4.54. The summed E-state index contributed by atoms with van der Waals surface area (Å²) in [6.45, 7) is 8.72. The molecule has 0 unspecified atom stereocenters. The molecule has 0 aromatic carbocycles. The van der Waals surface area contributed by atoms with Gasteiger partial charge in [0.1, 0.15) is 12.4 Å². The van der Waals surface area contributed by atoms with Crippen molar-refractivity contribution in [2.24, 2.45) is 4.99 Å². The average Bonchev–Trinajstić information content (AvgIpc) is 2.88. The van der Waals surface area contributed by atoms with Crippen LogP contribution in [0.2, 0.25) is 0 Å². The van der Waals surface area contributed by atoms with E-state index in [9.17, 15) is 0 Å². The number of aromatic nitrogens is 3. The summed E-state index contributed by atoms with van der Waals surface area (Å²) in [6.07, 6.45) is 2.22. The molecule has 7 heteroatoms. The van der Waals surface area contributed by atoms with Crippen LogP contribution in [0, 0.1) is 0 Å². The molecule has 0 atom stereocenters. The van der Waals surface area contributed by atoms with E-state index < -0.39 is 0 Å². The number of nitrogens with one attached hydrogen (secondary N) is 2. The van der Waals surface area contributed by atoms with Gasteiger partial charge in [0, 0.05) is 25.6 Å². The second-order valence-corrected chi connectivity index (χ2v) is 4.78. The zero-order valence-electron chi connectivity index (χ0n) is 11.8. The molecule has 19 heavy (non-hydrogen) atoms. The summed E-state index contributed by atoms with van der Waals surface area (Å²) in [7, 11) is 0. The van der Waals surface area contributed by atoms with Crippen molar-refractivity contribution in [3.8, 4) is 0 Å². The van der Waals surface area contributed by atoms with Crippen molar-refractivity contribution < 1.29 is 0 Å². The molecule has 0 saturated heterocycles. The highest BCUT2D eigenvalue weighted by Crippen LogP contribution is 2.14. The number of fused-ring (bicyclic) bond motifs is 1. The molecule has 0 saturated carbocycles. The van der Waals surface area contributed by atoms with Gasteiger partial charge in [0.15, 0.2) is 11.8 Å². The Labute approximate surface area is 131 Å². The van der Waals surface area contributed by atoms with Crippen molar-refractivity contribution in [2.45, 2.75) is 52.7 Å². The number of aryl methyl sites for hydroxylation is 1. The first-order valence-electron chi connectivity index (χ1n) is 6.66. The van der Waals surface area contributed by atoms with Gasteiger partial charge in [-0.2, -0.15) is 0 Å². The van der Waals surface area contributed by atoms with Crippen LogP contribution in [0.15, 0.2) is 4.99 Å². The molecule has 1 aromatic rings. The van der Waals surface area contributed by atoms with Gasteiger partial charge in [0.25, 0.3) is 0 Å². The van der Waals surface area contributed by atoms with Crippen LogP contribution >= 0.6 is 24.0 Å². The molecule has 1 aliphatic heterocycles. The zero-order chi connectivity index (χ0) is 13.0. The number of nitrogens with zero attached hydrogens (tertiary/aromatic N) is 4. The Morgan fingerprint density at radius 3 is 2.89 bits per heavy atom. The van der Waals surface area contributed by atoms with Gasteiger partial charge in [-0.1, -0.05) is 0 Å². The van der Waals surface area contributed by atoms with E-state index in [2.05, 4.69) is 51.2 Å². The van der Waals surface area contributed by atoms with Gasteiger partial charge in [-0.05, 0) is 27.2 Å². The SMILES string of the molecule is CCNC(=NCc1nnc2n1CCC2)NC(C)C.I. The van der Waals surface area contributed by atoms with Crippen LogP contribution in [0.5, 0.6) is 0 Å². The van der Waals surface area contributed by atoms with E-state index in [0.29, 0.717) is 12.6 Å². The molecule has 1 aliphatic rings. The van der Waals surface area contributed by atoms with Crippen molar-refractivity contribution in [3.05, 3.63) is 11.6 Å². The summed E-state index contributed by atoms with van der Waals surface area (Å²) in [5.41, 5.74) is 0. The second-order valence-electron chi connectivity index (χ2n) is 4.78. The largest absolute Gasteiger partial charge is 0.357 e. The number of aliphatic imine (C=N–C) groups is 1. The molecular formula is C12H23IN6. The smallest absolute Gasteiger partial charge is 0.191 e. The normalized spacial score (nSPS) is 14.2. The highest BCUT2D eigenvalue weighted by Gasteiger charge is 2.16. The van der Waals surface area contributed by atoms with Gasteiger partial charge < -0.3 is 15.2 Å². The first-order valence-corrected chi connectivity index (χ1v) is 6.66. The molecule has 0 spiro atoms. The molecule has 0 amide bonds. The van der Waals surface area contributed by atoms with Crippen LogP contribution in [-0.2, 0) is 19.5 Å². The third kappa shape index (κ3) is 4.32. The van der Waals surface area contributed by atoms with E-state index in [1.54, 1.807) is 0 Å². The number of guanidine groups is 1. The predicted octanol–water partition coefficient (Wildman–Crippen LogP) is 1.31. The summed E-state index contributed by atoms with van der Waals surface area (Å²) in [5, 5.41) is 14.9. The molecule has 2 rings (SSSR count). The Balaban J connectivity index is 0.00000180. The van der Waals surface area contributed by atoms with Crippen LogP contribution in [-0.4, -0.2) is 33.3 Å². The number of rotatable bonds is 4. The Hall–Kier alpha value is -0.860. The Morgan fingerprint density at radius 1 is 1.42 bits per heavy atom. The fourth-order valence-corrected chi connectivity index (χ4v) is 2.07. The number of halogens is 1. The quantitative estimate of drug-likeness (QED) is 0.471. The van der Waals surface area contributed by atoms with E-state index in [1.165, 1.54) is 6.42 Å².